The van der Waals surface area contributed by atoms with Crippen molar-refractivity contribution in [2.75, 3.05) is 17.7 Å². The van der Waals surface area contributed by atoms with Crippen molar-refractivity contribution in [3.05, 3.63) is 92.5 Å². The first-order chi connectivity index (χ1) is 18.1. The minimum absolute atomic E-state index is 0.0671. The van der Waals surface area contributed by atoms with E-state index < -0.39 is 28.9 Å². The zero-order valence-corrected chi connectivity index (χ0v) is 20.7. The number of nitrogens with one attached hydrogen (secondary N) is 3. The second kappa shape index (κ2) is 11.4. The van der Waals surface area contributed by atoms with E-state index in [-0.39, 0.29) is 17.9 Å². The molecule has 0 aliphatic heterocycles. The van der Waals surface area contributed by atoms with Crippen molar-refractivity contribution in [3.63, 3.8) is 0 Å². The molecular formula is C24H21F3N6O4S. The third kappa shape index (κ3) is 6.70. The molecule has 10 nitrogen and oxygen atoms in total. The van der Waals surface area contributed by atoms with Gasteiger partial charge in [-0.2, -0.15) is 13.2 Å². The number of aromatic nitrogens is 5. The smallest absolute Gasteiger partial charge is 0.416 e. The molecule has 4 rings (SSSR count). The van der Waals surface area contributed by atoms with Gasteiger partial charge in [-0.1, -0.05) is 11.8 Å². The molecule has 38 heavy (non-hydrogen) atoms. The molecule has 0 atom stereocenters. The highest BCUT2D eigenvalue weighted by molar-refractivity contribution is 7.99. The van der Waals surface area contributed by atoms with Gasteiger partial charge in [-0.15, -0.1) is 10.2 Å². The zero-order chi connectivity index (χ0) is 27.3. The first-order valence-electron chi connectivity index (χ1n) is 11.2. The second-order valence-corrected chi connectivity index (χ2v) is 8.81. The fourth-order valence-corrected chi connectivity index (χ4v) is 4.25. The zero-order valence-electron chi connectivity index (χ0n) is 19.8. The number of thioether (sulfide) groups is 1. The summed E-state index contributed by atoms with van der Waals surface area (Å²) in [6, 6.07) is 12.4. The number of carbonyl (C=O) groups excluding carboxylic acids is 1. The van der Waals surface area contributed by atoms with Crippen LogP contribution in [-0.4, -0.2) is 43.0 Å². The number of alkyl halides is 3. The van der Waals surface area contributed by atoms with E-state index in [1.54, 1.807) is 28.8 Å². The Morgan fingerprint density at radius 2 is 1.76 bits per heavy atom. The molecule has 198 valence electrons. The molecule has 0 aliphatic rings. The molecule has 2 aromatic heterocycles. The van der Waals surface area contributed by atoms with Gasteiger partial charge in [0, 0.05) is 29.6 Å². The highest BCUT2D eigenvalue weighted by Crippen LogP contribution is 2.30. The molecule has 0 spiro atoms. The summed E-state index contributed by atoms with van der Waals surface area (Å²) in [5.41, 5.74) is -0.862. The van der Waals surface area contributed by atoms with E-state index in [0.29, 0.717) is 34.7 Å². The molecular weight excluding hydrogens is 525 g/mol. The molecule has 1 amide bonds. The van der Waals surface area contributed by atoms with Crippen molar-refractivity contribution in [3.8, 4) is 11.4 Å². The maximum Gasteiger partial charge on any atom is 0.416 e. The number of hydrogen-bond donors (Lipinski definition) is 3. The minimum Gasteiger partial charge on any atom is -0.494 e. The Morgan fingerprint density at radius 3 is 2.39 bits per heavy atom. The van der Waals surface area contributed by atoms with Crippen molar-refractivity contribution >= 4 is 23.4 Å². The van der Waals surface area contributed by atoms with E-state index in [0.717, 1.165) is 23.9 Å². The molecule has 0 bridgehead atoms. The quantitative estimate of drug-likeness (QED) is 0.274. The van der Waals surface area contributed by atoms with Crippen molar-refractivity contribution in [1.29, 1.82) is 0 Å². The van der Waals surface area contributed by atoms with Crippen LogP contribution in [0.15, 0.2) is 69.3 Å². The number of amides is 1. The topological polar surface area (TPSA) is 135 Å². The van der Waals surface area contributed by atoms with Crippen molar-refractivity contribution in [2.24, 2.45) is 0 Å². The van der Waals surface area contributed by atoms with Gasteiger partial charge in [-0.3, -0.25) is 19.1 Å². The average Bonchev–Trinajstić information content (AvgIpc) is 3.25. The van der Waals surface area contributed by atoms with Gasteiger partial charge in [0.1, 0.15) is 11.6 Å². The van der Waals surface area contributed by atoms with Gasteiger partial charge in [0.15, 0.2) is 5.16 Å². The van der Waals surface area contributed by atoms with Gasteiger partial charge < -0.3 is 15.0 Å². The first-order valence-corrected chi connectivity index (χ1v) is 12.2. The second-order valence-electron chi connectivity index (χ2n) is 7.86. The third-order valence-corrected chi connectivity index (χ3v) is 6.03. The molecule has 0 saturated heterocycles. The highest BCUT2D eigenvalue weighted by Gasteiger charge is 2.30. The van der Waals surface area contributed by atoms with Crippen LogP contribution < -0.4 is 21.3 Å². The molecule has 2 aromatic carbocycles. The monoisotopic (exact) mass is 546 g/mol. The number of carbonyl (C=O) groups is 1. The average molecular weight is 547 g/mol. The number of aromatic amines is 2. The molecule has 3 N–H and O–H groups in total. The van der Waals surface area contributed by atoms with Crippen LogP contribution in [0.25, 0.3) is 5.69 Å². The summed E-state index contributed by atoms with van der Waals surface area (Å²) in [6.07, 6.45) is -4.40. The lowest BCUT2D eigenvalue weighted by Gasteiger charge is -2.12. The summed E-state index contributed by atoms with van der Waals surface area (Å²) < 4.78 is 45.4. The molecule has 0 radical (unpaired) electrons. The highest BCUT2D eigenvalue weighted by atomic mass is 32.2. The standard InChI is InChI=1S/C24H21F3N6O4S/c1-2-37-18-9-7-17(8-10-18)33-19(11-16-12-20(34)30-22(36)29-16)31-32-23(33)38-13-21(35)28-15-5-3-14(4-6-15)24(25,26)27/h3-10,12H,2,11,13H2,1H3,(H,28,35)(H2,29,30,34,36). The van der Waals surface area contributed by atoms with Gasteiger partial charge in [0.2, 0.25) is 5.91 Å². The van der Waals surface area contributed by atoms with Gasteiger partial charge in [-0.25, -0.2) is 4.79 Å². The lowest BCUT2D eigenvalue weighted by Crippen LogP contribution is -2.23. The Balaban J connectivity index is 1.55. The number of H-pyrrole nitrogens is 2. The Labute approximate surface area is 217 Å². The van der Waals surface area contributed by atoms with E-state index in [4.69, 9.17) is 4.74 Å². The van der Waals surface area contributed by atoms with Crippen LogP contribution in [0.4, 0.5) is 18.9 Å². The van der Waals surface area contributed by atoms with Gasteiger partial charge >= 0.3 is 11.9 Å². The normalized spacial score (nSPS) is 11.4. The maximum absolute atomic E-state index is 12.8. The Hall–Kier alpha value is -4.33. The van der Waals surface area contributed by atoms with Crippen LogP contribution >= 0.6 is 11.8 Å². The van der Waals surface area contributed by atoms with Crippen LogP contribution in [0, 0.1) is 0 Å². The number of hydrogen-bond acceptors (Lipinski definition) is 7. The molecule has 0 fully saturated rings. The van der Waals surface area contributed by atoms with Crippen LogP contribution in [0.2, 0.25) is 0 Å². The van der Waals surface area contributed by atoms with E-state index in [9.17, 15) is 27.6 Å². The predicted molar refractivity (Wildman–Crippen MR) is 134 cm³/mol. The van der Waals surface area contributed by atoms with Crippen LogP contribution in [0.3, 0.4) is 0 Å². The summed E-state index contributed by atoms with van der Waals surface area (Å²) in [5, 5.41) is 11.3. The number of benzene rings is 2. The van der Waals surface area contributed by atoms with Gasteiger partial charge in [0.25, 0.3) is 5.56 Å². The van der Waals surface area contributed by atoms with Crippen molar-refractivity contribution < 1.29 is 22.7 Å². The molecule has 4 aromatic rings. The van der Waals surface area contributed by atoms with Crippen LogP contribution in [0.1, 0.15) is 24.0 Å². The summed E-state index contributed by atoms with van der Waals surface area (Å²) in [6.45, 7) is 2.35. The largest absolute Gasteiger partial charge is 0.494 e. The Kier molecular flexibility index (Phi) is 8.00. The fraction of sp³-hybridized carbons (Fsp3) is 0.208. The Bertz CT molecular complexity index is 1500. The molecule has 0 saturated carbocycles. The molecule has 2 heterocycles. The summed E-state index contributed by atoms with van der Waals surface area (Å²) >= 11 is 1.06. The minimum atomic E-state index is -4.47. The summed E-state index contributed by atoms with van der Waals surface area (Å²) in [7, 11) is 0. The number of halogens is 3. The summed E-state index contributed by atoms with van der Waals surface area (Å²) in [4.78, 5) is 40.6. The van der Waals surface area contributed by atoms with Gasteiger partial charge in [-0.05, 0) is 55.5 Å². The van der Waals surface area contributed by atoms with Crippen LogP contribution in [-0.2, 0) is 17.4 Å². The molecule has 0 unspecified atom stereocenters. The lowest BCUT2D eigenvalue weighted by molar-refractivity contribution is -0.137. The van der Waals surface area contributed by atoms with Gasteiger partial charge in [0.05, 0.1) is 17.9 Å². The van der Waals surface area contributed by atoms with E-state index >= 15 is 0 Å². The first kappa shape index (κ1) is 26.7. The predicted octanol–water partition coefficient (Wildman–Crippen LogP) is 3.38. The number of ether oxygens (including phenoxy) is 1. The van der Waals surface area contributed by atoms with Crippen molar-refractivity contribution in [2.45, 2.75) is 24.7 Å². The number of nitrogens with zero attached hydrogens (tertiary/aromatic N) is 3. The number of anilines is 1. The van der Waals surface area contributed by atoms with Crippen LogP contribution in [0.5, 0.6) is 5.75 Å². The van der Waals surface area contributed by atoms with E-state index in [1.165, 1.54) is 18.2 Å². The fourth-order valence-electron chi connectivity index (χ4n) is 3.48. The molecule has 14 heteroatoms. The van der Waals surface area contributed by atoms with E-state index in [1.807, 2.05) is 6.92 Å². The SMILES string of the molecule is CCOc1ccc(-n2c(Cc3cc(=O)[nH]c(=O)[nH]3)nnc2SCC(=O)Nc2ccc(C(F)(F)F)cc2)cc1. The Morgan fingerprint density at radius 1 is 1.05 bits per heavy atom. The number of rotatable bonds is 9. The maximum atomic E-state index is 12.8. The molecule has 0 aliphatic carbocycles. The lowest BCUT2D eigenvalue weighted by atomic mass is 10.2. The summed E-state index contributed by atoms with van der Waals surface area (Å²) in [5.74, 6) is 0.463. The van der Waals surface area contributed by atoms with Crippen molar-refractivity contribution in [1.82, 2.24) is 24.7 Å². The van der Waals surface area contributed by atoms with E-state index in [2.05, 4.69) is 25.5 Å². The third-order valence-electron chi connectivity index (χ3n) is 5.10.